The van der Waals surface area contributed by atoms with Crippen LogP contribution < -0.4 is 0 Å². The Hall–Kier alpha value is -2.35. The van der Waals surface area contributed by atoms with E-state index in [1.54, 1.807) is 18.2 Å². The summed E-state index contributed by atoms with van der Waals surface area (Å²) in [7, 11) is 0. The molecule has 0 radical (unpaired) electrons. The number of furan rings is 1. The second-order valence-corrected chi connectivity index (χ2v) is 2.58. The van der Waals surface area contributed by atoms with Crippen LogP contribution in [0.3, 0.4) is 0 Å². The van der Waals surface area contributed by atoms with Gasteiger partial charge in [-0.2, -0.15) is 5.26 Å². The van der Waals surface area contributed by atoms with Gasteiger partial charge in [-0.25, -0.2) is 9.78 Å². The molecule has 5 nitrogen and oxygen atoms in total. The van der Waals surface area contributed by atoms with Gasteiger partial charge in [-0.05, 0) is 12.1 Å². The number of hydrogen-bond acceptors (Lipinski definition) is 4. The number of carbonyl (C=O) groups is 1. The normalized spacial score (nSPS) is 9.93. The van der Waals surface area contributed by atoms with Gasteiger partial charge in [-0.3, -0.25) is 0 Å². The first-order valence-corrected chi connectivity index (χ1v) is 3.75. The van der Waals surface area contributed by atoms with Gasteiger partial charge in [0.25, 0.3) is 0 Å². The Morgan fingerprint density at radius 3 is 3.07 bits per heavy atom. The molecule has 0 saturated carbocycles. The molecule has 0 aliphatic carbocycles. The van der Waals surface area contributed by atoms with E-state index in [-0.39, 0.29) is 17.0 Å². The monoisotopic (exact) mass is 188 g/mol. The molecule has 14 heavy (non-hydrogen) atoms. The second kappa shape index (κ2) is 2.85. The summed E-state index contributed by atoms with van der Waals surface area (Å²) in [6.45, 7) is 0. The van der Waals surface area contributed by atoms with Crippen LogP contribution in [0.5, 0.6) is 0 Å². The van der Waals surface area contributed by atoms with Crippen molar-refractivity contribution in [3.8, 4) is 6.07 Å². The number of fused-ring (bicyclic) bond motifs is 1. The number of aromatic carboxylic acids is 1. The highest BCUT2D eigenvalue weighted by Gasteiger charge is 2.19. The first-order valence-electron chi connectivity index (χ1n) is 3.75. The number of rotatable bonds is 1. The number of hydrogen-bond donors (Lipinski definition) is 1. The highest BCUT2D eigenvalue weighted by Crippen LogP contribution is 2.22. The lowest BCUT2D eigenvalue weighted by Gasteiger charge is -1.84. The van der Waals surface area contributed by atoms with E-state index in [1.807, 2.05) is 0 Å². The van der Waals surface area contributed by atoms with Gasteiger partial charge < -0.3 is 9.52 Å². The largest absolute Gasteiger partial charge is 0.475 e. The molecule has 5 heteroatoms. The van der Waals surface area contributed by atoms with Crippen molar-refractivity contribution < 1.29 is 14.3 Å². The van der Waals surface area contributed by atoms with Crippen LogP contribution in [0.25, 0.3) is 11.1 Å². The Morgan fingerprint density at radius 2 is 2.43 bits per heavy atom. The molecule has 0 saturated heterocycles. The van der Waals surface area contributed by atoms with Crippen LogP contribution in [0, 0.1) is 11.3 Å². The molecule has 0 amide bonds. The third-order valence-electron chi connectivity index (χ3n) is 1.77. The van der Waals surface area contributed by atoms with Crippen molar-refractivity contribution in [3.63, 3.8) is 0 Å². The van der Waals surface area contributed by atoms with Gasteiger partial charge >= 0.3 is 5.97 Å². The molecule has 2 rings (SSSR count). The van der Waals surface area contributed by atoms with Crippen molar-refractivity contribution in [3.05, 3.63) is 29.7 Å². The van der Waals surface area contributed by atoms with Gasteiger partial charge in [0.1, 0.15) is 11.6 Å². The maximum atomic E-state index is 10.7. The number of pyridine rings is 1. The van der Waals surface area contributed by atoms with E-state index in [0.29, 0.717) is 5.39 Å². The summed E-state index contributed by atoms with van der Waals surface area (Å²) in [6, 6.07) is 4.99. The molecule has 2 aromatic heterocycles. The molecule has 0 atom stereocenters. The molecule has 0 bridgehead atoms. The van der Waals surface area contributed by atoms with E-state index in [4.69, 9.17) is 14.8 Å². The quantitative estimate of drug-likeness (QED) is 0.730. The first kappa shape index (κ1) is 8.26. The Bertz CT molecular complexity index is 551. The lowest BCUT2D eigenvalue weighted by atomic mass is 10.2. The molecule has 68 valence electrons. The van der Waals surface area contributed by atoms with Crippen molar-refractivity contribution in [2.24, 2.45) is 0 Å². The molecular weight excluding hydrogens is 184 g/mol. The van der Waals surface area contributed by atoms with E-state index >= 15 is 0 Å². The van der Waals surface area contributed by atoms with Gasteiger partial charge in [0.15, 0.2) is 0 Å². The molecule has 2 aromatic rings. The Kier molecular flexibility index (Phi) is 1.68. The highest BCUT2D eigenvalue weighted by molar-refractivity contribution is 5.95. The van der Waals surface area contributed by atoms with Gasteiger partial charge in [0.05, 0.1) is 5.39 Å². The minimum absolute atomic E-state index is 0.0144. The maximum Gasteiger partial charge on any atom is 0.373 e. The Morgan fingerprint density at radius 1 is 1.64 bits per heavy atom. The minimum Gasteiger partial charge on any atom is -0.475 e. The maximum absolute atomic E-state index is 10.7. The summed E-state index contributed by atoms with van der Waals surface area (Å²) in [4.78, 5) is 14.5. The summed E-state index contributed by atoms with van der Waals surface area (Å²) in [6.07, 6.45) is 1.47. The molecular formula is C9H4N2O3. The van der Waals surface area contributed by atoms with Gasteiger partial charge in [-0.1, -0.05) is 0 Å². The fourth-order valence-electron chi connectivity index (χ4n) is 1.19. The van der Waals surface area contributed by atoms with Crippen molar-refractivity contribution in [1.29, 1.82) is 5.26 Å². The van der Waals surface area contributed by atoms with Crippen LogP contribution in [-0.4, -0.2) is 16.1 Å². The SMILES string of the molecule is N#Cc1c(C(=O)O)oc2ncccc12. The van der Waals surface area contributed by atoms with E-state index in [1.165, 1.54) is 6.20 Å². The third-order valence-corrected chi connectivity index (χ3v) is 1.77. The minimum atomic E-state index is -1.26. The number of carboxylic acids is 1. The smallest absolute Gasteiger partial charge is 0.373 e. The molecule has 1 N–H and O–H groups in total. The molecule has 0 unspecified atom stereocenters. The summed E-state index contributed by atoms with van der Waals surface area (Å²) in [5, 5.41) is 17.9. The topological polar surface area (TPSA) is 87.1 Å². The lowest BCUT2D eigenvalue weighted by molar-refractivity contribution is 0.0664. The van der Waals surface area contributed by atoms with E-state index in [2.05, 4.69) is 4.98 Å². The predicted molar refractivity (Wildman–Crippen MR) is 45.7 cm³/mol. The molecule has 2 heterocycles. The third kappa shape index (κ3) is 1.02. The Balaban J connectivity index is 2.87. The zero-order chi connectivity index (χ0) is 10.1. The highest BCUT2D eigenvalue weighted by atomic mass is 16.4. The van der Waals surface area contributed by atoms with Gasteiger partial charge in [0, 0.05) is 6.20 Å². The summed E-state index contributed by atoms with van der Waals surface area (Å²) >= 11 is 0. The van der Waals surface area contributed by atoms with Crippen LogP contribution in [0.1, 0.15) is 16.1 Å². The predicted octanol–water partition coefficient (Wildman–Crippen LogP) is 1.40. The van der Waals surface area contributed by atoms with Crippen LogP contribution >= 0.6 is 0 Å². The average molecular weight is 188 g/mol. The Labute approximate surface area is 78.2 Å². The zero-order valence-electron chi connectivity index (χ0n) is 6.89. The van der Waals surface area contributed by atoms with Crippen molar-refractivity contribution in [1.82, 2.24) is 4.98 Å². The van der Waals surface area contributed by atoms with Gasteiger partial charge in [-0.15, -0.1) is 0 Å². The van der Waals surface area contributed by atoms with Crippen LogP contribution in [-0.2, 0) is 0 Å². The summed E-state index contributed by atoms with van der Waals surface area (Å²) in [5.41, 5.74) is 0.182. The molecule has 0 aromatic carbocycles. The van der Waals surface area contributed by atoms with Crippen LogP contribution in [0.2, 0.25) is 0 Å². The van der Waals surface area contributed by atoms with E-state index < -0.39 is 5.97 Å². The van der Waals surface area contributed by atoms with Crippen molar-refractivity contribution in [2.45, 2.75) is 0 Å². The lowest BCUT2D eigenvalue weighted by Crippen LogP contribution is -1.95. The zero-order valence-corrected chi connectivity index (χ0v) is 6.89. The van der Waals surface area contributed by atoms with Crippen LogP contribution in [0.4, 0.5) is 0 Å². The second-order valence-electron chi connectivity index (χ2n) is 2.58. The number of nitriles is 1. The van der Waals surface area contributed by atoms with E-state index in [9.17, 15) is 4.79 Å². The molecule has 0 fully saturated rings. The van der Waals surface area contributed by atoms with Crippen molar-refractivity contribution >= 4 is 17.1 Å². The van der Waals surface area contributed by atoms with Gasteiger partial charge in [0.2, 0.25) is 11.5 Å². The summed E-state index contributed by atoms with van der Waals surface area (Å²) < 4.78 is 4.92. The fraction of sp³-hybridized carbons (Fsp3) is 0. The standard InChI is InChI=1S/C9H4N2O3/c10-4-6-5-2-1-3-11-8(5)14-7(6)9(12)13/h1-3H,(H,12,13). The van der Waals surface area contributed by atoms with Crippen molar-refractivity contribution in [2.75, 3.05) is 0 Å². The van der Waals surface area contributed by atoms with E-state index in [0.717, 1.165) is 0 Å². The number of carboxylic acid groups (broad SMARTS) is 1. The average Bonchev–Trinajstić information content (AvgIpc) is 2.56. The number of nitrogens with zero attached hydrogens (tertiary/aromatic N) is 2. The first-order chi connectivity index (χ1) is 6.74. The molecule has 0 aliphatic heterocycles. The molecule has 0 spiro atoms. The molecule has 0 aliphatic rings. The summed E-state index contributed by atoms with van der Waals surface area (Å²) in [5.74, 6) is -1.62. The number of aromatic nitrogens is 1. The van der Waals surface area contributed by atoms with Crippen LogP contribution in [0.15, 0.2) is 22.7 Å². The fourth-order valence-corrected chi connectivity index (χ4v) is 1.19.